The molecule has 4 heteroatoms. The molecule has 0 spiro atoms. The van der Waals surface area contributed by atoms with Crippen molar-refractivity contribution in [2.45, 2.75) is 0 Å². The number of hydrogen-bond acceptors (Lipinski definition) is 2. The standard InChI is InChI=1S/CBrIN2/c2-5(3)1-4. The molecule has 0 aromatic heterocycles. The van der Waals surface area contributed by atoms with E-state index >= 15 is 0 Å². The van der Waals surface area contributed by atoms with Crippen molar-refractivity contribution in [2.24, 2.45) is 0 Å². The Morgan fingerprint density at radius 3 is 2.20 bits per heavy atom. The van der Waals surface area contributed by atoms with Crippen LogP contribution in [0.4, 0.5) is 0 Å². The van der Waals surface area contributed by atoms with Gasteiger partial charge < -0.3 is 0 Å². The summed E-state index contributed by atoms with van der Waals surface area (Å²) in [5.74, 6) is 0. The van der Waals surface area contributed by atoms with Gasteiger partial charge in [0.05, 0.1) is 39.0 Å². The highest BCUT2D eigenvalue weighted by molar-refractivity contribution is 14.1. The van der Waals surface area contributed by atoms with Crippen LogP contribution in [0.1, 0.15) is 0 Å². The summed E-state index contributed by atoms with van der Waals surface area (Å²) in [6.07, 6.45) is 1.76. The van der Waals surface area contributed by atoms with E-state index in [0.717, 1.165) is 0 Å². The molecule has 0 saturated carbocycles. The van der Waals surface area contributed by atoms with E-state index in [1.807, 2.05) is 0 Å². The summed E-state index contributed by atoms with van der Waals surface area (Å²) < 4.78 is 1.21. The SMILES string of the molecule is N#CN(Br)I. The highest BCUT2D eigenvalue weighted by atomic mass is 127. The fourth-order valence-corrected chi connectivity index (χ4v) is 0. The zero-order chi connectivity index (χ0) is 4.28. The van der Waals surface area contributed by atoms with Crippen molar-refractivity contribution in [3.8, 4) is 6.19 Å². The van der Waals surface area contributed by atoms with Crippen molar-refractivity contribution in [3.63, 3.8) is 0 Å². The molecule has 0 atom stereocenters. The van der Waals surface area contributed by atoms with Gasteiger partial charge in [-0.3, -0.25) is 0 Å². The molecule has 0 bridgehead atoms. The van der Waals surface area contributed by atoms with Gasteiger partial charge in [-0.05, 0) is 0 Å². The zero-order valence-electron chi connectivity index (χ0n) is 2.15. The predicted octanol–water partition coefficient (Wildman–Crippen LogP) is 1.43. The third-order valence-corrected chi connectivity index (χ3v) is 0.450. The summed E-state index contributed by atoms with van der Waals surface area (Å²) in [6.45, 7) is 0. The first-order chi connectivity index (χ1) is 2.27. The quantitative estimate of drug-likeness (QED) is 0.280. The lowest BCUT2D eigenvalue weighted by Crippen LogP contribution is -1.73. The van der Waals surface area contributed by atoms with Crippen LogP contribution in [0.25, 0.3) is 0 Å². The van der Waals surface area contributed by atoms with Crippen molar-refractivity contribution < 1.29 is 0 Å². The van der Waals surface area contributed by atoms with Gasteiger partial charge in [0.2, 0.25) is 0 Å². The smallest absolute Gasteiger partial charge is 0.182 e. The lowest BCUT2D eigenvalue weighted by atomic mass is 11.5. The topological polar surface area (TPSA) is 27.0 Å². The van der Waals surface area contributed by atoms with Crippen LogP contribution >= 0.6 is 39.0 Å². The third-order valence-electron chi connectivity index (χ3n) is 0.0756. The Hall–Kier alpha value is 0.500. The van der Waals surface area contributed by atoms with Crippen LogP contribution in [-0.4, -0.2) is 2.14 Å². The monoisotopic (exact) mass is 246 g/mol. The summed E-state index contributed by atoms with van der Waals surface area (Å²) in [5, 5.41) is 7.77. The van der Waals surface area contributed by atoms with Gasteiger partial charge in [0.25, 0.3) is 0 Å². The van der Waals surface area contributed by atoms with Crippen molar-refractivity contribution in [2.75, 3.05) is 0 Å². The van der Waals surface area contributed by atoms with E-state index in [2.05, 4.69) is 16.1 Å². The highest BCUT2D eigenvalue weighted by Gasteiger charge is 1.75. The molecular formula is CBrIN2. The van der Waals surface area contributed by atoms with E-state index in [4.69, 9.17) is 5.26 Å². The van der Waals surface area contributed by atoms with Gasteiger partial charge in [-0.1, -0.05) is 0 Å². The molecule has 2 nitrogen and oxygen atoms in total. The van der Waals surface area contributed by atoms with Crippen molar-refractivity contribution in [1.29, 1.82) is 5.26 Å². The minimum absolute atomic E-state index is 1.21. The molecule has 0 aromatic rings. The first kappa shape index (κ1) is 5.50. The molecule has 5 heavy (non-hydrogen) atoms. The summed E-state index contributed by atoms with van der Waals surface area (Å²) in [6, 6.07) is 0. The summed E-state index contributed by atoms with van der Waals surface area (Å²) >= 11 is 4.63. The average Bonchev–Trinajstić information content (AvgIpc) is 1.38. The maximum absolute atomic E-state index is 7.77. The maximum atomic E-state index is 7.77. The van der Waals surface area contributed by atoms with Crippen LogP contribution in [-0.2, 0) is 0 Å². The van der Waals surface area contributed by atoms with E-state index in [9.17, 15) is 0 Å². The van der Waals surface area contributed by atoms with E-state index in [0.29, 0.717) is 0 Å². The van der Waals surface area contributed by atoms with E-state index < -0.39 is 0 Å². The molecule has 28 valence electrons. The van der Waals surface area contributed by atoms with Gasteiger partial charge in [0.1, 0.15) is 0 Å². The zero-order valence-corrected chi connectivity index (χ0v) is 5.89. The van der Waals surface area contributed by atoms with Crippen LogP contribution in [0.3, 0.4) is 0 Å². The van der Waals surface area contributed by atoms with Crippen molar-refractivity contribution in [3.05, 3.63) is 0 Å². The molecule has 0 fully saturated rings. The Labute approximate surface area is 52.6 Å². The summed E-state index contributed by atoms with van der Waals surface area (Å²) in [4.78, 5) is 0. The molecule has 0 aromatic carbocycles. The molecular weight excluding hydrogens is 247 g/mol. The molecule has 0 saturated heterocycles. The second kappa shape index (κ2) is 2.72. The average molecular weight is 247 g/mol. The maximum Gasteiger partial charge on any atom is 0.200 e. The molecule has 0 aliphatic carbocycles. The molecule has 0 radical (unpaired) electrons. The molecule has 0 unspecified atom stereocenters. The minimum atomic E-state index is 1.21. The van der Waals surface area contributed by atoms with Gasteiger partial charge in [-0.25, -0.2) is 0 Å². The molecule has 0 heterocycles. The van der Waals surface area contributed by atoms with Gasteiger partial charge >= 0.3 is 0 Å². The van der Waals surface area contributed by atoms with E-state index in [-0.39, 0.29) is 0 Å². The van der Waals surface area contributed by atoms with E-state index in [1.165, 1.54) is 2.14 Å². The van der Waals surface area contributed by atoms with Gasteiger partial charge in [0, 0.05) is 0 Å². The molecule has 0 amide bonds. The lowest BCUT2D eigenvalue weighted by molar-refractivity contribution is 1.16. The highest BCUT2D eigenvalue weighted by Crippen LogP contribution is 2.00. The van der Waals surface area contributed by atoms with Crippen molar-refractivity contribution in [1.82, 2.24) is 2.14 Å². The largest absolute Gasteiger partial charge is 0.200 e. The van der Waals surface area contributed by atoms with Crippen LogP contribution in [0, 0.1) is 11.5 Å². The van der Waals surface area contributed by atoms with Crippen LogP contribution < -0.4 is 0 Å². The number of rotatable bonds is 0. The fourth-order valence-electron chi connectivity index (χ4n) is 0. The Balaban J connectivity index is 2.94. The Morgan fingerprint density at radius 1 is 2.00 bits per heavy atom. The van der Waals surface area contributed by atoms with Gasteiger partial charge in [0.15, 0.2) is 6.19 Å². The van der Waals surface area contributed by atoms with Crippen LogP contribution in [0.15, 0.2) is 0 Å². The summed E-state index contributed by atoms with van der Waals surface area (Å²) in [5.41, 5.74) is 0. The first-order valence-electron chi connectivity index (χ1n) is 0.785. The normalized spacial score (nSPS) is 5.80. The molecule has 0 rings (SSSR count). The Bertz CT molecular complexity index is 55.2. The lowest BCUT2D eigenvalue weighted by Gasteiger charge is -1.80. The Morgan fingerprint density at radius 2 is 2.20 bits per heavy atom. The second-order valence-corrected chi connectivity index (χ2v) is 3.33. The number of halogens is 2. The molecule has 0 aliphatic rings. The number of hydrogen-bond donors (Lipinski definition) is 0. The Kier molecular flexibility index (Phi) is 2.99. The molecule has 0 N–H and O–H groups in total. The summed E-state index contributed by atoms with van der Waals surface area (Å²) in [7, 11) is 0. The number of nitrogens with zero attached hydrogens (tertiary/aromatic N) is 2. The predicted molar refractivity (Wildman–Crippen MR) is 30.4 cm³/mol. The number of nitriles is 1. The fraction of sp³-hybridized carbons (Fsp3) is 0. The first-order valence-corrected chi connectivity index (χ1v) is 2.46. The third kappa shape index (κ3) is 4.50. The van der Waals surface area contributed by atoms with Crippen molar-refractivity contribution >= 4 is 39.0 Å². The van der Waals surface area contributed by atoms with Crippen LogP contribution in [0.2, 0.25) is 0 Å². The van der Waals surface area contributed by atoms with E-state index in [1.54, 1.807) is 29.1 Å². The van der Waals surface area contributed by atoms with Gasteiger partial charge in [-0.15, -0.1) is 0 Å². The van der Waals surface area contributed by atoms with Gasteiger partial charge in [-0.2, -0.15) is 7.40 Å². The minimum Gasteiger partial charge on any atom is -0.182 e. The molecule has 0 aliphatic heterocycles. The van der Waals surface area contributed by atoms with Crippen LogP contribution in [0.5, 0.6) is 0 Å². The second-order valence-electron chi connectivity index (χ2n) is 0.333.